The van der Waals surface area contributed by atoms with Crippen molar-refractivity contribution in [3.05, 3.63) is 41.5 Å². The summed E-state index contributed by atoms with van der Waals surface area (Å²) >= 11 is 0. The van der Waals surface area contributed by atoms with E-state index in [1.807, 2.05) is 0 Å². The summed E-state index contributed by atoms with van der Waals surface area (Å²) in [7, 11) is 0. The smallest absolute Gasteiger partial charge is 0.130 e. The molecule has 1 nitrogen and oxygen atoms in total. The van der Waals surface area contributed by atoms with Crippen molar-refractivity contribution < 1.29 is 8.78 Å². The Morgan fingerprint density at radius 2 is 2.15 bits per heavy atom. The lowest BCUT2D eigenvalue weighted by Gasteiger charge is -2.02. The monoisotopic (exact) mass is 183 g/mol. The highest BCUT2D eigenvalue weighted by Gasteiger charge is 2.04. The molecule has 0 unspecified atom stereocenters. The van der Waals surface area contributed by atoms with E-state index in [1.165, 1.54) is 0 Å². The van der Waals surface area contributed by atoms with E-state index in [9.17, 15) is 8.78 Å². The van der Waals surface area contributed by atoms with E-state index in [0.29, 0.717) is 12.1 Å². The molecule has 13 heavy (non-hydrogen) atoms. The highest BCUT2D eigenvalue weighted by molar-refractivity contribution is 5.64. The summed E-state index contributed by atoms with van der Waals surface area (Å²) in [5.74, 6) is -0.871. The van der Waals surface area contributed by atoms with E-state index in [1.54, 1.807) is 13.0 Å². The van der Waals surface area contributed by atoms with Crippen LogP contribution in [0.25, 0.3) is 5.57 Å². The topological polar surface area (TPSA) is 26.0 Å². The first-order valence-corrected chi connectivity index (χ1v) is 3.97. The van der Waals surface area contributed by atoms with Crippen LogP contribution in [-0.4, -0.2) is 6.54 Å². The standard InChI is InChI=1S/C10H11F2N/c1-7(4-5-13)9-6-8(11)2-3-10(9)12/h2-4,6H,5,13H2,1H3/b7-4-. The maximum absolute atomic E-state index is 13.1. The third-order valence-corrected chi connectivity index (χ3v) is 1.78. The minimum absolute atomic E-state index is 0.269. The van der Waals surface area contributed by atoms with E-state index < -0.39 is 11.6 Å². The minimum Gasteiger partial charge on any atom is -0.327 e. The number of allylic oxidation sites excluding steroid dienone is 1. The molecule has 0 fully saturated rings. The lowest BCUT2D eigenvalue weighted by Crippen LogP contribution is -1.96. The van der Waals surface area contributed by atoms with E-state index in [2.05, 4.69) is 0 Å². The molecule has 0 spiro atoms. The van der Waals surface area contributed by atoms with Crippen LogP contribution in [0.2, 0.25) is 0 Å². The van der Waals surface area contributed by atoms with Crippen molar-refractivity contribution in [2.75, 3.05) is 6.54 Å². The van der Waals surface area contributed by atoms with Gasteiger partial charge in [-0.05, 0) is 30.7 Å². The van der Waals surface area contributed by atoms with Gasteiger partial charge >= 0.3 is 0 Å². The Morgan fingerprint density at radius 3 is 2.77 bits per heavy atom. The Kier molecular flexibility index (Phi) is 3.14. The zero-order valence-corrected chi connectivity index (χ0v) is 7.35. The second-order valence-corrected chi connectivity index (χ2v) is 2.75. The van der Waals surface area contributed by atoms with Crippen molar-refractivity contribution in [1.82, 2.24) is 0 Å². The predicted octanol–water partition coefficient (Wildman–Crippen LogP) is 2.33. The first-order valence-electron chi connectivity index (χ1n) is 3.97. The summed E-state index contributed by atoms with van der Waals surface area (Å²) in [6.07, 6.45) is 1.65. The summed E-state index contributed by atoms with van der Waals surface area (Å²) < 4.78 is 25.8. The highest BCUT2D eigenvalue weighted by atomic mass is 19.1. The van der Waals surface area contributed by atoms with Gasteiger partial charge in [0.1, 0.15) is 11.6 Å². The largest absolute Gasteiger partial charge is 0.327 e. The SMILES string of the molecule is C/C(=C/CN)c1cc(F)ccc1F. The number of halogens is 2. The van der Waals surface area contributed by atoms with Crippen LogP contribution in [0.15, 0.2) is 24.3 Å². The third-order valence-electron chi connectivity index (χ3n) is 1.78. The van der Waals surface area contributed by atoms with Crippen molar-refractivity contribution in [3.63, 3.8) is 0 Å². The molecule has 70 valence electrons. The van der Waals surface area contributed by atoms with E-state index in [0.717, 1.165) is 18.2 Å². The molecule has 0 heterocycles. The van der Waals surface area contributed by atoms with Crippen LogP contribution in [0, 0.1) is 11.6 Å². The van der Waals surface area contributed by atoms with Gasteiger partial charge in [-0.1, -0.05) is 6.08 Å². The van der Waals surface area contributed by atoms with Gasteiger partial charge in [0.05, 0.1) is 0 Å². The molecule has 3 heteroatoms. The second-order valence-electron chi connectivity index (χ2n) is 2.75. The van der Waals surface area contributed by atoms with Crippen molar-refractivity contribution >= 4 is 5.57 Å². The quantitative estimate of drug-likeness (QED) is 0.748. The van der Waals surface area contributed by atoms with Crippen LogP contribution in [0.4, 0.5) is 8.78 Å². The van der Waals surface area contributed by atoms with Crippen LogP contribution in [0.3, 0.4) is 0 Å². The Bertz CT molecular complexity index is 332. The Labute approximate surface area is 75.9 Å². The van der Waals surface area contributed by atoms with Crippen molar-refractivity contribution in [2.24, 2.45) is 5.73 Å². The van der Waals surface area contributed by atoms with Crippen molar-refractivity contribution in [2.45, 2.75) is 6.92 Å². The molecule has 0 aromatic heterocycles. The van der Waals surface area contributed by atoms with E-state index in [4.69, 9.17) is 5.73 Å². The van der Waals surface area contributed by atoms with Gasteiger partial charge in [-0.25, -0.2) is 8.78 Å². The van der Waals surface area contributed by atoms with Crippen molar-refractivity contribution in [3.8, 4) is 0 Å². The van der Waals surface area contributed by atoms with E-state index in [-0.39, 0.29) is 5.56 Å². The third kappa shape index (κ3) is 2.36. The van der Waals surface area contributed by atoms with Gasteiger partial charge in [0, 0.05) is 12.1 Å². The van der Waals surface area contributed by atoms with Gasteiger partial charge in [0.25, 0.3) is 0 Å². The fraction of sp³-hybridized carbons (Fsp3) is 0.200. The van der Waals surface area contributed by atoms with Crippen LogP contribution in [-0.2, 0) is 0 Å². The average molecular weight is 183 g/mol. The summed E-state index contributed by atoms with van der Waals surface area (Å²) in [5.41, 5.74) is 6.18. The van der Waals surface area contributed by atoms with E-state index >= 15 is 0 Å². The number of benzene rings is 1. The fourth-order valence-electron chi connectivity index (χ4n) is 1.09. The molecule has 1 aromatic carbocycles. The molecule has 1 aromatic rings. The summed E-state index contributed by atoms with van der Waals surface area (Å²) in [5, 5.41) is 0. The molecule has 0 radical (unpaired) electrons. The maximum Gasteiger partial charge on any atom is 0.130 e. The lowest BCUT2D eigenvalue weighted by molar-refractivity contribution is 0.597. The lowest BCUT2D eigenvalue weighted by atomic mass is 10.1. The fourth-order valence-corrected chi connectivity index (χ4v) is 1.09. The Balaban J connectivity index is 3.13. The molecule has 0 saturated heterocycles. The molecule has 0 aliphatic rings. The molecule has 0 aliphatic carbocycles. The minimum atomic E-state index is -0.443. The van der Waals surface area contributed by atoms with Crippen LogP contribution < -0.4 is 5.73 Å². The van der Waals surface area contributed by atoms with Crippen LogP contribution in [0.5, 0.6) is 0 Å². The van der Waals surface area contributed by atoms with Gasteiger partial charge in [-0.15, -0.1) is 0 Å². The summed E-state index contributed by atoms with van der Waals surface area (Å²) in [6, 6.07) is 3.36. The summed E-state index contributed by atoms with van der Waals surface area (Å²) in [4.78, 5) is 0. The predicted molar refractivity (Wildman–Crippen MR) is 49.1 cm³/mol. The molecule has 1 rings (SSSR count). The molecule has 0 saturated carbocycles. The highest BCUT2D eigenvalue weighted by Crippen LogP contribution is 2.18. The maximum atomic E-state index is 13.1. The Morgan fingerprint density at radius 1 is 1.46 bits per heavy atom. The molecule has 0 bridgehead atoms. The van der Waals surface area contributed by atoms with Gasteiger partial charge in [0.2, 0.25) is 0 Å². The molecular weight excluding hydrogens is 172 g/mol. The zero-order valence-electron chi connectivity index (χ0n) is 7.35. The van der Waals surface area contributed by atoms with Gasteiger partial charge in [-0.2, -0.15) is 0 Å². The molecule has 2 N–H and O–H groups in total. The second kappa shape index (κ2) is 4.14. The molecule has 0 atom stereocenters. The number of hydrogen-bond donors (Lipinski definition) is 1. The molecule has 0 aliphatic heterocycles. The first kappa shape index (κ1) is 9.86. The average Bonchev–Trinajstić information content (AvgIpc) is 2.09. The summed E-state index contributed by atoms with van der Waals surface area (Å²) in [6.45, 7) is 2.02. The van der Waals surface area contributed by atoms with Crippen molar-refractivity contribution in [1.29, 1.82) is 0 Å². The number of nitrogens with two attached hydrogens (primary N) is 1. The number of hydrogen-bond acceptors (Lipinski definition) is 1. The van der Waals surface area contributed by atoms with Gasteiger partial charge < -0.3 is 5.73 Å². The first-order chi connectivity index (χ1) is 6.15. The zero-order chi connectivity index (χ0) is 9.84. The number of rotatable bonds is 2. The van der Waals surface area contributed by atoms with Gasteiger partial charge in [0.15, 0.2) is 0 Å². The molecule has 0 amide bonds. The normalized spacial score (nSPS) is 11.8. The van der Waals surface area contributed by atoms with Gasteiger partial charge in [-0.3, -0.25) is 0 Å². The Hall–Kier alpha value is -1.22. The van der Waals surface area contributed by atoms with Crippen LogP contribution in [0.1, 0.15) is 12.5 Å². The molecular formula is C10H11F2N. The van der Waals surface area contributed by atoms with Crippen LogP contribution >= 0.6 is 0 Å².